The number of hydrogen-bond acceptors (Lipinski definition) is 6. The molecule has 0 saturated heterocycles. The van der Waals surface area contributed by atoms with Crippen molar-refractivity contribution >= 4 is 5.95 Å². The first-order valence-electron chi connectivity index (χ1n) is 12.7. The minimum Gasteiger partial charge on any atom is -0.374 e. The van der Waals surface area contributed by atoms with Crippen LogP contribution in [0.25, 0.3) is 0 Å². The molecule has 3 aromatic rings. The number of anilines is 1. The predicted molar refractivity (Wildman–Crippen MR) is 133 cm³/mol. The SMILES string of the molecule is COC1(c2ccc(C(F)(F)F)cc2CN(Cc2cc(C#N)cc(C(F)(F)F)c2)c2nnn(C)n2)CCCCCC1. The second kappa shape index (κ2) is 11.4. The number of aryl methyl sites for hydroxylation is 1. The summed E-state index contributed by atoms with van der Waals surface area (Å²) in [5.41, 5.74) is -1.90. The predicted octanol–water partition coefficient (Wildman–Crippen LogP) is 6.52. The molecule has 4 rings (SSSR count). The van der Waals surface area contributed by atoms with Crippen LogP contribution in [-0.4, -0.2) is 27.3 Å². The van der Waals surface area contributed by atoms with Gasteiger partial charge < -0.3 is 9.64 Å². The lowest BCUT2D eigenvalue weighted by Crippen LogP contribution is -2.32. The van der Waals surface area contributed by atoms with Crippen molar-refractivity contribution < 1.29 is 31.1 Å². The Kier molecular flexibility index (Phi) is 8.39. The Labute approximate surface area is 227 Å². The number of nitriles is 1. The second-order valence-electron chi connectivity index (χ2n) is 9.95. The molecule has 0 amide bonds. The Morgan fingerprint density at radius 1 is 0.950 bits per heavy atom. The lowest BCUT2D eigenvalue weighted by atomic mass is 9.82. The van der Waals surface area contributed by atoms with Crippen molar-refractivity contribution in [1.82, 2.24) is 20.2 Å². The first kappa shape index (κ1) is 29.3. The summed E-state index contributed by atoms with van der Waals surface area (Å²) < 4.78 is 88.1. The van der Waals surface area contributed by atoms with E-state index in [1.165, 1.54) is 24.1 Å². The van der Waals surface area contributed by atoms with E-state index >= 15 is 0 Å². The first-order chi connectivity index (χ1) is 18.8. The van der Waals surface area contributed by atoms with Gasteiger partial charge in [-0.15, -0.1) is 5.10 Å². The third-order valence-electron chi connectivity index (χ3n) is 7.19. The van der Waals surface area contributed by atoms with Gasteiger partial charge in [0.2, 0.25) is 0 Å². The summed E-state index contributed by atoms with van der Waals surface area (Å²) in [5, 5.41) is 21.3. The molecule has 214 valence electrons. The van der Waals surface area contributed by atoms with Crippen molar-refractivity contribution in [2.45, 2.75) is 69.6 Å². The van der Waals surface area contributed by atoms with Gasteiger partial charge in [-0.1, -0.05) is 36.8 Å². The van der Waals surface area contributed by atoms with Gasteiger partial charge in [-0.2, -0.15) is 36.4 Å². The van der Waals surface area contributed by atoms with E-state index in [2.05, 4.69) is 15.4 Å². The molecule has 0 bridgehead atoms. The summed E-state index contributed by atoms with van der Waals surface area (Å²) in [6, 6.07) is 8.20. The molecular weight excluding hydrogens is 538 g/mol. The maximum absolute atomic E-state index is 13.8. The van der Waals surface area contributed by atoms with E-state index in [1.54, 1.807) is 13.2 Å². The van der Waals surface area contributed by atoms with Crippen LogP contribution in [-0.2, 0) is 42.8 Å². The first-order valence-corrected chi connectivity index (χ1v) is 12.7. The van der Waals surface area contributed by atoms with Gasteiger partial charge >= 0.3 is 12.4 Å². The second-order valence-corrected chi connectivity index (χ2v) is 9.95. The summed E-state index contributed by atoms with van der Waals surface area (Å²) in [7, 11) is 3.04. The molecule has 1 aliphatic rings. The number of halogens is 6. The maximum atomic E-state index is 13.8. The van der Waals surface area contributed by atoms with Crippen molar-refractivity contribution in [1.29, 1.82) is 5.26 Å². The minimum absolute atomic E-state index is 0.00844. The van der Waals surface area contributed by atoms with E-state index in [4.69, 9.17) is 4.74 Å². The van der Waals surface area contributed by atoms with E-state index in [0.717, 1.165) is 54.7 Å². The number of aromatic nitrogens is 4. The fraction of sp³-hybridized carbons (Fsp3) is 0.481. The van der Waals surface area contributed by atoms with E-state index in [9.17, 15) is 31.6 Å². The summed E-state index contributed by atoms with van der Waals surface area (Å²) in [4.78, 5) is 2.59. The number of methoxy groups -OCH3 is 1. The summed E-state index contributed by atoms with van der Waals surface area (Å²) in [5.74, 6) is 0.00844. The average Bonchev–Trinajstić information content (AvgIpc) is 3.19. The molecule has 0 atom stereocenters. The monoisotopic (exact) mass is 566 g/mol. The Balaban J connectivity index is 1.83. The topological polar surface area (TPSA) is 79.9 Å². The number of tetrazole rings is 1. The minimum atomic E-state index is -4.70. The Morgan fingerprint density at radius 2 is 1.62 bits per heavy atom. The van der Waals surface area contributed by atoms with E-state index in [-0.39, 0.29) is 30.2 Å². The average molecular weight is 567 g/mol. The molecule has 0 spiro atoms. The number of ether oxygens (including phenoxy) is 1. The van der Waals surface area contributed by atoms with Gasteiger partial charge in [0.25, 0.3) is 5.95 Å². The third-order valence-corrected chi connectivity index (χ3v) is 7.19. The highest BCUT2D eigenvalue weighted by Gasteiger charge is 2.38. The van der Waals surface area contributed by atoms with Crippen LogP contribution < -0.4 is 4.90 Å². The highest BCUT2D eigenvalue weighted by molar-refractivity contribution is 5.44. The van der Waals surface area contributed by atoms with Crippen LogP contribution in [0.15, 0.2) is 36.4 Å². The van der Waals surface area contributed by atoms with Crippen molar-refractivity contribution in [2.24, 2.45) is 7.05 Å². The number of hydrogen-bond donors (Lipinski definition) is 0. The summed E-state index contributed by atoms with van der Waals surface area (Å²) >= 11 is 0. The van der Waals surface area contributed by atoms with Crippen LogP contribution in [0.1, 0.15) is 71.9 Å². The standard InChI is InChI=1S/C27H28F6N6O/c1-38-36-24(35-37-38)39(16-19-11-18(15-34)12-22(13-19)27(31,32)33)17-20-14-21(26(28,29)30)7-8-23(20)25(40-2)9-5-3-4-6-10-25/h7-8,11-14H,3-6,9-10,16-17H2,1-2H3. The smallest absolute Gasteiger partial charge is 0.374 e. The van der Waals surface area contributed by atoms with Crippen molar-refractivity contribution in [3.8, 4) is 6.07 Å². The molecule has 1 fully saturated rings. The molecule has 1 heterocycles. The Hall–Kier alpha value is -3.66. The van der Waals surface area contributed by atoms with Crippen LogP contribution in [0.3, 0.4) is 0 Å². The van der Waals surface area contributed by atoms with Crippen molar-refractivity contribution in [3.05, 3.63) is 69.8 Å². The molecule has 0 aliphatic heterocycles. The molecule has 7 nitrogen and oxygen atoms in total. The van der Waals surface area contributed by atoms with Gasteiger partial charge in [0.1, 0.15) is 0 Å². The summed E-state index contributed by atoms with van der Waals surface area (Å²) in [6.45, 7) is -0.395. The molecule has 13 heteroatoms. The normalized spacial score (nSPS) is 15.9. The highest BCUT2D eigenvalue weighted by Crippen LogP contribution is 2.43. The van der Waals surface area contributed by atoms with Crippen LogP contribution in [0.5, 0.6) is 0 Å². The zero-order valence-corrected chi connectivity index (χ0v) is 22.0. The zero-order valence-electron chi connectivity index (χ0n) is 22.0. The van der Waals surface area contributed by atoms with Crippen LogP contribution in [0, 0.1) is 11.3 Å². The number of rotatable bonds is 7. The fourth-order valence-corrected chi connectivity index (χ4v) is 5.26. The molecule has 40 heavy (non-hydrogen) atoms. The van der Waals surface area contributed by atoms with Crippen molar-refractivity contribution in [3.63, 3.8) is 0 Å². The van der Waals surface area contributed by atoms with Gasteiger partial charge in [0.15, 0.2) is 0 Å². The van der Waals surface area contributed by atoms with E-state index in [1.807, 2.05) is 0 Å². The van der Waals surface area contributed by atoms with Gasteiger partial charge in [0, 0.05) is 20.2 Å². The molecule has 1 saturated carbocycles. The van der Waals surface area contributed by atoms with Crippen LogP contribution in [0.2, 0.25) is 0 Å². The third kappa shape index (κ3) is 6.55. The quantitative estimate of drug-likeness (QED) is 0.239. The number of benzene rings is 2. The van der Waals surface area contributed by atoms with Gasteiger partial charge in [-0.25, -0.2) is 0 Å². The Morgan fingerprint density at radius 3 is 2.17 bits per heavy atom. The lowest BCUT2D eigenvalue weighted by Gasteiger charge is -2.35. The molecule has 1 aromatic heterocycles. The zero-order chi connectivity index (χ0) is 29.1. The maximum Gasteiger partial charge on any atom is 0.416 e. The van der Waals surface area contributed by atoms with Crippen molar-refractivity contribution in [2.75, 3.05) is 12.0 Å². The largest absolute Gasteiger partial charge is 0.416 e. The molecular formula is C27H28F6N6O. The molecule has 1 aliphatic carbocycles. The molecule has 2 aromatic carbocycles. The molecule has 0 N–H and O–H groups in total. The lowest BCUT2D eigenvalue weighted by molar-refractivity contribution is -0.138. The summed E-state index contributed by atoms with van der Waals surface area (Å²) in [6.07, 6.45) is -4.45. The number of alkyl halides is 6. The van der Waals surface area contributed by atoms with Crippen LogP contribution in [0.4, 0.5) is 32.3 Å². The van der Waals surface area contributed by atoms with E-state index < -0.39 is 29.1 Å². The van der Waals surface area contributed by atoms with Crippen LogP contribution >= 0.6 is 0 Å². The molecule has 0 radical (unpaired) electrons. The highest BCUT2D eigenvalue weighted by atomic mass is 19.4. The Bertz CT molecular complexity index is 1370. The van der Waals surface area contributed by atoms with Gasteiger partial charge in [0.05, 0.1) is 35.4 Å². The van der Waals surface area contributed by atoms with Gasteiger partial charge in [-0.3, -0.25) is 0 Å². The van der Waals surface area contributed by atoms with E-state index in [0.29, 0.717) is 24.0 Å². The molecule has 0 unspecified atom stereocenters. The number of nitrogens with zero attached hydrogens (tertiary/aromatic N) is 6. The fourth-order valence-electron chi connectivity index (χ4n) is 5.26. The van der Waals surface area contributed by atoms with Gasteiger partial charge in [-0.05, 0) is 65.1 Å².